The van der Waals surface area contributed by atoms with E-state index in [0.29, 0.717) is 11.7 Å². The van der Waals surface area contributed by atoms with Gasteiger partial charge < -0.3 is 5.11 Å². The predicted molar refractivity (Wildman–Crippen MR) is 82.8 cm³/mol. The van der Waals surface area contributed by atoms with E-state index in [0.717, 1.165) is 30.0 Å². The van der Waals surface area contributed by atoms with Gasteiger partial charge in [-0.1, -0.05) is 23.2 Å². The Morgan fingerprint density at radius 1 is 1.30 bits per heavy atom. The first-order valence-corrected chi connectivity index (χ1v) is 8.57. The first-order valence-electron chi connectivity index (χ1n) is 7.21. The van der Waals surface area contributed by atoms with Crippen LogP contribution in [0.15, 0.2) is 41.8 Å². The number of thiol groups is 1. The van der Waals surface area contributed by atoms with Crippen molar-refractivity contribution in [2.45, 2.75) is 24.5 Å². The van der Waals surface area contributed by atoms with Crippen LogP contribution in [0, 0.1) is 5.92 Å². The fraction of sp³-hybridized carbons (Fsp3) is 0.333. The number of hydrogen-bond acceptors (Lipinski definition) is 3. The highest BCUT2D eigenvalue weighted by Crippen LogP contribution is 2.56. The fourth-order valence-electron chi connectivity index (χ4n) is 2.69. The normalized spacial score (nSPS) is 23.5. The Bertz CT molecular complexity index is 782. The smallest absolute Gasteiger partial charge is 0.378 e. The minimum atomic E-state index is -4.42. The van der Waals surface area contributed by atoms with Gasteiger partial charge in [0, 0.05) is 5.92 Å². The standard InChI is InChI=1S/C15H14F3N3OS/c16-15(17,18)11-3-1-2-10(6-11)14(22)23-13(9-4-5-9)20-12-7-19-8-21(12)23/h1-3,6-9,14,22-23H,4-5H2. The molecule has 2 aliphatic rings. The number of aliphatic hydroxyl groups excluding tert-OH is 1. The van der Waals surface area contributed by atoms with E-state index in [2.05, 4.69) is 9.98 Å². The maximum absolute atomic E-state index is 12.9. The summed E-state index contributed by atoms with van der Waals surface area (Å²) in [5.74, 6) is 1.01. The van der Waals surface area contributed by atoms with Gasteiger partial charge in [-0.3, -0.25) is 3.97 Å². The number of benzene rings is 1. The van der Waals surface area contributed by atoms with Crippen molar-refractivity contribution < 1.29 is 18.3 Å². The predicted octanol–water partition coefficient (Wildman–Crippen LogP) is 3.81. The zero-order chi connectivity index (χ0) is 16.2. The van der Waals surface area contributed by atoms with Crippen molar-refractivity contribution in [3.63, 3.8) is 0 Å². The van der Waals surface area contributed by atoms with Crippen LogP contribution in [0.25, 0.3) is 0 Å². The Balaban J connectivity index is 1.71. The molecule has 23 heavy (non-hydrogen) atoms. The Morgan fingerprint density at radius 2 is 2.09 bits per heavy atom. The van der Waals surface area contributed by atoms with Crippen molar-refractivity contribution in [1.29, 1.82) is 0 Å². The van der Waals surface area contributed by atoms with E-state index >= 15 is 0 Å². The van der Waals surface area contributed by atoms with Crippen molar-refractivity contribution in [1.82, 2.24) is 8.96 Å². The van der Waals surface area contributed by atoms with Crippen molar-refractivity contribution in [2.75, 3.05) is 0 Å². The molecule has 4 nitrogen and oxygen atoms in total. The number of nitrogens with zero attached hydrogens (tertiary/aromatic N) is 3. The second-order valence-corrected chi connectivity index (χ2v) is 7.75. The van der Waals surface area contributed by atoms with Crippen LogP contribution in [0.3, 0.4) is 0 Å². The molecule has 0 bridgehead atoms. The summed E-state index contributed by atoms with van der Waals surface area (Å²) in [7, 11) is 0. The van der Waals surface area contributed by atoms with E-state index in [1.165, 1.54) is 12.1 Å². The van der Waals surface area contributed by atoms with E-state index in [1.54, 1.807) is 16.5 Å². The maximum atomic E-state index is 12.9. The van der Waals surface area contributed by atoms with Gasteiger partial charge in [0.25, 0.3) is 0 Å². The largest absolute Gasteiger partial charge is 0.416 e. The molecule has 4 rings (SSSR count). The lowest BCUT2D eigenvalue weighted by Crippen LogP contribution is -2.13. The molecule has 1 N–H and O–H groups in total. The van der Waals surface area contributed by atoms with Crippen LogP contribution in [0.2, 0.25) is 0 Å². The van der Waals surface area contributed by atoms with Gasteiger partial charge in [0.15, 0.2) is 5.82 Å². The number of hydrogen-bond donors (Lipinski definition) is 2. The second-order valence-electron chi connectivity index (χ2n) is 5.68. The molecule has 2 aromatic rings. The Hall–Kier alpha value is -1.80. The van der Waals surface area contributed by atoms with Gasteiger partial charge in [0.1, 0.15) is 11.8 Å². The Morgan fingerprint density at radius 3 is 2.78 bits per heavy atom. The van der Waals surface area contributed by atoms with Crippen LogP contribution >= 0.6 is 11.1 Å². The zero-order valence-corrected chi connectivity index (χ0v) is 12.8. The molecule has 2 heterocycles. The number of alkyl halides is 3. The number of aromatic nitrogens is 2. The SMILES string of the molecule is OC(c1cccc(C(F)(F)F)c1)[SH]1C(C2CC2)=Nc2cncn21. The maximum Gasteiger partial charge on any atom is 0.416 e. The molecule has 2 atom stereocenters. The summed E-state index contributed by atoms with van der Waals surface area (Å²) in [6, 6.07) is 4.89. The van der Waals surface area contributed by atoms with Gasteiger partial charge in [-0.05, 0) is 30.5 Å². The first kappa shape index (κ1) is 14.8. The van der Waals surface area contributed by atoms with Crippen LogP contribution in [-0.2, 0) is 6.18 Å². The Kier molecular flexibility index (Phi) is 3.28. The lowest BCUT2D eigenvalue weighted by atomic mass is 10.1. The summed E-state index contributed by atoms with van der Waals surface area (Å²) in [5.41, 5.74) is -1.51. The number of rotatable bonds is 3. The van der Waals surface area contributed by atoms with Gasteiger partial charge in [-0.25, -0.2) is 9.98 Å². The van der Waals surface area contributed by atoms with E-state index < -0.39 is 28.3 Å². The molecule has 0 saturated heterocycles. The van der Waals surface area contributed by atoms with E-state index in [-0.39, 0.29) is 5.56 Å². The molecular weight excluding hydrogens is 327 g/mol. The third-order valence-electron chi connectivity index (χ3n) is 3.98. The lowest BCUT2D eigenvalue weighted by molar-refractivity contribution is -0.137. The van der Waals surface area contributed by atoms with Crippen molar-refractivity contribution in [3.8, 4) is 0 Å². The zero-order valence-electron chi connectivity index (χ0n) is 11.9. The topological polar surface area (TPSA) is 50.4 Å². The minimum absolute atomic E-state index is 0.265. The van der Waals surface area contributed by atoms with Crippen molar-refractivity contribution >= 4 is 21.9 Å². The van der Waals surface area contributed by atoms with Crippen molar-refractivity contribution in [3.05, 3.63) is 47.9 Å². The summed E-state index contributed by atoms with van der Waals surface area (Å²) in [4.78, 5) is 8.56. The van der Waals surface area contributed by atoms with Crippen LogP contribution in [0.5, 0.6) is 0 Å². The average molecular weight is 341 g/mol. The molecule has 0 spiro atoms. The molecule has 1 aromatic carbocycles. The molecule has 1 fully saturated rings. The molecule has 0 radical (unpaired) electrons. The van der Waals surface area contributed by atoms with Crippen LogP contribution in [0.1, 0.15) is 29.4 Å². The molecule has 1 aliphatic heterocycles. The first-order chi connectivity index (χ1) is 10.9. The molecule has 1 aromatic heterocycles. The summed E-state index contributed by atoms with van der Waals surface area (Å²) >= 11 is -1.26. The third-order valence-corrected chi connectivity index (χ3v) is 6.45. The number of halogens is 3. The Labute approximate surface area is 133 Å². The highest BCUT2D eigenvalue weighted by Gasteiger charge is 2.40. The quantitative estimate of drug-likeness (QED) is 0.834. The van der Waals surface area contributed by atoms with E-state index in [9.17, 15) is 18.3 Å². The van der Waals surface area contributed by atoms with Crippen LogP contribution in [0.4, 0.5) is 19.0 Å². The molecular formula is C15H14F3N3OS. The minimum Gasteiger partial charge on any atom is -0.378 e. The average Bonchev–Trinajstić information content (AvgIpc) is 3.15. The summed E-state index contributed by atoms with van der Waals surface area (Å²) in [6.45, 7) is 0. The monoisotopic (exact) mass is 341 g/mol. The number of aliphatic imine (C=N–C) groups is 1. The highest BCUT2D eigenvalue weighted by molar-refractivity contribution is 8.29. The molecule has 122 valence electrons. The molecule has 0 amide bonds. The van der Waals surface area contributed by atoms with E-state index in [4.69, 9.17) is 0 Å². The van der Waals surface area contributed by atoms with Crippen LogP contribution < -0.4 is 0 Å². The number of aliphatic hydroxyl groups is 1. The molecule has 1 aliphatic carbocycles. The van der Waals surface area contributed by atoms with Gasteiger partial charge in [-0.2, -0.15) is 13.2 Å². The molecule has 2 unspecified atom stereocenters. The van der Waals surface area contributed by atoms with E-state index in [1.807, 2.05) is 0 Å². The van der Waals surface area contributed by atoms with Crippen molar-refractivity contribution in [2.24, 2.45) is 10.9 Å². The number of fused-ring (bicyclic) bond motifs is 1. The van der Waals surface area contributed by atoms with Gasteiger partial charge >= 0.3 is 6.18 Å². The fourth-order valence-corrected chi connectivity index (χ4v) is 5.16. The summed E-state index contributed by atoms with van der Waals surface area (Å²) in [6.07, 6.45) is 0.822. The highest BCUT2D eigenvalue weighted by atomic mass is 32.2. The summed E-state index contributed by atoms with van der Waals surface area (Å²) in [5, 5.41) is 11.7. The van der Waals surface area contributed by atoms with Crippen LogP contribution in [-0.4, -0.2) is 19.1 Å². The second kappa shape index (κ2) is 5.10. The van der Waals surface area contributed by atoms with Gasteiger partial charge in [0.05, 0.1) is 16.8 Å². The summed E-state index contributed by atoms with van der Waals surface area (Å²) < 4.78 is 40.5. The third kappa shape index (κ3) is 2.55. The van der Waals surface area contributed by atoms with Gasteiger partial charge in [-0.15, -0.1) is 0 Å². The lowest BCUT2D eigenvalue weighted by Gasteiger charge is -2.26. The molecule has 8 heteroatoms. The molecule has 1 saturated carbocycles. The number of imidazole rings is 1. The van der Waals surface area contributed by atoms with Gasteiger partial charge in [0.2, 0.25) is 0 Å².